The lowest BCUT2D eigenvalue weighted by Gasteiger charge is -2.22. The molecule has 1 aromatic carbocycles. The molecule has 4 rings (SSSR count). The number of likely N-dealkylation sites (tertiary alicyclic amines) is 1. The highest BCUT2D eigenvalue weighted by molar-refractivity contribution is 7.98. The Balaban J connectivity index is 1.48. The van der Waals surface area contributed by atoms with Gasteiger partial charge in [0.15, 0.2) is 0 Å². The molecule has 1 amide bonds. The van der Waals surface area contributed by atoms with Gasteiger partial charge in [-0.25, -0.2) is 0 Å². The molecule has 2 aromatic rings. The van der Waals surface area contributed by atoms with E-state index in [1.807, 2.05) is 11.8 Å². The summed E-state index contributed by atoms with van der Waals surface area (Å²) in [6.45, 7) is 5.20. The summed E-state index contributed by atoms with van der Waals surface area (Å²) in [6, 6.07) is 11.1. The number of fused-ring (bicyclic) bond motifs is 3. The lowest BCUT2D eigenvalue weighted by Crippen LogP contribution is -2.39. The van der Waals surface area contributed by atoms with Crippen LogP contribution in [0.4, 0.5) is 0 Å². The summed E-state index contributed by atoms with van der Waals surface area (Å²) in [5, 5.41) is 3.16. The maximum absolute atomic E-state index is 12.6. The maximum atomic E-state index is 12.6. The monoisotopic (exact) mass is 358 g/mol. The fraction of sp³-hybridized carbons (Fsp3) is 0.421. The quantitative estimate of drug-likeness (QED) is 0.887. The van der Waals surface area contributed by atoms with E-state index in [1.165, 1.54) is 40.3 Å². The number of carbonyl (C=O) groups excluding carboxylic acids is 1. The molecular weight excluding hydrogens is 336 g/mol. The molecule has 2 aliphatic rings. The molecule has 24 heavy (non-hydrogen) atoms. The molecule has 0 bridgehead atoms. The van der Waals surface area contributed by atoms with E-state index in [4.69, 9.17) is 0 Å². The van der Waals surface area contributed by atoms with Crippen molar-refractivity contribution < 1.29 is 4.79 Å². The van der Waals surface area contributed by atoms with Crippen molar-refractivity contribution in [3.05, 3.63) is 40.8 Å². The molecule has 2 aliphatic heterocycles. The first-order chi connectivity index (χ1) is 11.8. The normalized spacial score (nSPS) is 19.8. The largest absolute Gasteiger partial charge is 0.350 e. The number of rotatable bonds is 4. The van der Waals surface area contributed by atoms with Crippen LogP contribution in [-0.4, -0.2) is 36.5 Å². The van der Waals surface area contributed by atoms with Crippen molar-refractivity contribution in [2.24, 2.45) is 0 Å². The van der Waals surface area contributed by atoms with Crippen molar-refractivity contribution in [3.8, 4) is 10.4 Å². The van der Waals surface area contributed by atoms with Gasteiger partial charge in [-0.15, -0.1) is 23.1 Å². The topological polar surface area (TPSA) is 32.3 Å². The predicted molar refractivity (Wildman–Crippen MR) is 102 cm³/mol. The van der Waals surface area contributed by atoms with Gasteiger partial charge in [-0.05, 0) is 43.6 Å². The second-order valence-corrected chi connectivity index (χ2v) is 8.45. The summed E-state index contributed by atoms with van der Waals surface area (Å²) >= 11 is 3.50. The number of likely N-dealkylation sites (N-methyl/N-ethyl adjacent to an activating group) is 1. The zero-order valence-electron chi connectivity index (χ0n) is 13.9. The zero-order chi connectivity index (χ0) is 16.5. The van der Waals surface area contributed by atoms with Gasteiger partial charge in [-0.2, -0.15) is 0 Å². The number of carbonyl (C=O) groups is 1. The van der Waals surface area contributed by atoms with Gasteiger partial charge in [0.05, 0.1) is 4.88 Å². The molecule has 3 heterocycles. The number of thioether (sulfide) groups is 1. The van der Waals surface area contributed by atoms with Crippen molar-refractivity contribution in [1.29, 1.82) is 0 Å². The van der Waals surface area contributed by atoms with E-state index in [2.05, 4.69) is 47.5 Å². The van der Waals surface area contributed by atoms with Crippen LogP contribution >= 0.6 is 23.1 Å². The number of hydrogen-bond acceptors (Lipinski definition) is 4. The molecule has 1 unspecified atom stereocenters. The van der Waals surface area contributed by atoms with Crippen molar-refractivity contribution in [2.75, 3.05) is 19.6 Å². The summed E-state index contributed by atoms with van der Waals surface area (Å²) in [4.78, 5) is 18.5. The Morgan fingerprint density at radius 2 is 2.25 bits per heavy atom. The molecule has 126 valence electrons. The first-order valence-corrected chi connectivity index (χ1v) is 10.4. The van der Waals surface area contributed by atoms with Gasteiger partial charge in [0.25, 0.3) is 5.91 Å². The van der Waals surface area contributed by atoms with Crippen LogP contribution in [0, 0.1) is 0 Å². The van der Waals surface area contributed by atoms with Gasteiger partial charge in [0.2, 0.25) is 0 Å². The molecule has 0 spiro atoms. The highest BCUT2D eigenvalue weighted by Crippen LogP contribution is 2.45. The van der Waals surface area contributed by atoms with Crippen molar-refractivity contribution in [2.45, 2.75) is 36.5 Å². The van der Waals surface area contributed by atoms with Crippen LogP contribution < -0.4 is 5.32 Å². The minimum atomic E-state index is 0.0832. The summed E-state index contributed by atoms with van der Waals surface area (Å²) < 4.78 is 0. The standard InChI is InChI=1S/C19H22N2OS2/c1-2-21-9-5-6-14(21)11-20-19(22)17-10-13-12-23-16-8-4-3-7-15(16)18(13)24-17/h3-4,7-8,10,14H,2,5-6,9,11-12H2,1H3,(H,20,22). The van der Waals surface area contributed by atoms with Crippen LogP contribution in [0.2, 0.25) is 0 Å². The first kappa shape index (κ1) is 16.2. The smallest absolute Gasteiger partial charge is 0.261 e. The maximum Gasteiger partial charge on any atom is 0.261 e. The zero-order valence-corrected chi connectivity index (χ0v) is 15.5. The van der Waals surface area contributed by atoms with Crippen LogP contribution in [0.3, 0.4) is 0 Å². The number of nitrogens with zero attached hydrogens (tertiary/aromatic N) is 1. The highest BCUT2D eigenvalue weighted by atomic mass is 32.2. The third kappa shape index (κ3) is 3.01. The van der Waals surface area contributed by atoms with E-state index in [0.29, 0.717) is 6.04 Å². The summed E-state index contributed by atoms with van der Waals surface area (Å²) in [7, 11) is 0. The van der Waals surface area contributed by atoms with Crippen LogP contribution in [0.1, 0.15) is 35.0 Å². The number of hydrogen-bond donors (Lipinski definition) is 1. The molecular formula is C19H22N2OS2. The third-order valence-electron chi connectivity index (χ3n) is 4.95. The Bertz CT molecular complexity index is 756. The third-order valence-corrected chi connectivity index (χ3v) is 7.28. The predicted octanol–water partition coefficient (Wildman–Crippen LogP) is 4.23. The molecule has 1 N–H and O–H groups in total. The van der Waals surface area contributed by atoms with Gasteiger partial charge in [0.1, 0.15) is 0 Å². The average molecular weight is 359 g/mol. The molecule has 0 radical (unpaired) electrons. The lowest BCUT2D eigenvalue weighted by atomic mass is 10.1. The van der Waals surface area contributed by atoms with Crippen molar-refractivity contribution >= 4 is 29.0 Å². The van der Waals surface area contributed by atoms with Gasteiger partial charge in [0, 0.05) is 33.7 Å². The minimum absolute atomic E-state index is 0.0832. The van der Waals surface area contributed by atoms with E-state index in [1.54, 1.807) is 11.3 Å². The van der Waals surface area contributed by atoms with Crippen molar-refractivity contribution in [3.63, 3.8) is 0 Å². The summed E-state index contributed by atoms with van der Waals surface area (Å²) in [5.74, 6) is 1.04. The molecule has 0 aliphatic carbocycles. The van der Waals surface area contributed by atoms with Crippen LogP contribution in [0.15, 0.2) is 35.2 Å². The van der Waals surface area contributed by atoms with Crippen LogP contribution in [0.5, 0.6) is 0 Å². The van der Waals surface area contributed by atoms with Crippen LogP contribution in [-0.2, 0) is 5.75 Å². The molecule has 1 aromatic heterocycles. The van der Waals surface area contributed by atoms with Gasteiger partial charge in [-0.3, -0.25) is 9.69 Å². The molecule has 1 fully saturated rings. The molecule has 1 atom stereocenters. The van der Waals surface area contributed by atoms with Crippen LogP contribution in [0.25, 0.3) is 10.4 Å². The minimum Gasteiger partial charge on any atom is -0.350 e. The van der Waals surface area contributed by atoms with E-state index in [0.717, 1.165) is 23.7 Å². The van der Waals surface area contributed by atoms with Gasteiger partial charge in [-0.1, -0.05) is 25.1 Å². The van der Waals surface area contributed by atoms with E-state index in [9.17, 15) is 4.79 Å². The number of benzene rings is 1. The van der Waals surface area contributed by atoms with E-state index >= 15 is 0 Å². The number of thiophene rings is 1. The molecule has 1 saturated heterocycles. The molecule has 3 nitrogen and oxygen atoms in total. The van der Waals surface area contributed by atoms with Crippen molar-refractivity contribution in [1.82, 2.24) is 10.2 Å². The van der Waals surface area contributed by atoms with E-state index < -0.39 is 0 Å². The number of nitrogens with one attached hydrogen (secondary N) is 1. The summed E-state index contributed by atoms with van der Waals surface area (Å²) in [6.07, 6.45) is 2.44. The summed E-state index contributed by atoms with van der Waals surface area (Å²) in [5.41, 5.74) is 2.57. The SMILES string of the molecule is CCN1CCCC1CNC(=O)c1cc2c(s1)-c1ccccc1SC2. The Morgan fingerprint density at radius 3 is 3.12 bits per heavy atom. The Hall–Kier alpha value is -1.30. The fourth-order valence-corrected chi connectivity index (χ4v) is 5.98. The molecule has 5 heteroatoms. The Labute approximate surface area is 151 Å². The fourth-order valence-electron chi connectivity index (χ4n) is 3.65. The average Bonchev–Trinajstić information content (AvgIpc) is 3.26. The number of amides is 1. The molecule has 0 saturated carbocycles. The second kappa shape index (κ2) is 6.90. The lowest BCUT2D eigenvalue weighted by molar-refractivity contribution is 0.0945. The van der Waals surface area contributed by atoms with Gasteiger partial charge >= 0.3 is 0 Å². The first-order valence-electron chi connectivity index (χ1n) is 8.63. The highest BCUT2D eigenvalue weighted by Gasteiger charge is 2.25. The van der Waals surface area contributed by atoms with Gasteiger partial charge < -0.3 is 5.32 Å². The van der Waals surface area contributed by atoms with E-state index in [-0.39, 0.29) is 5.91 Å². The Kier molecular flexibility index (Phi) is 4.66. The second-order valence-electron chi connectivity index (χ2n) is 6.38. The Morgan fingerprint density at radius 1 is 1.38 bits per heavy atom.